The number of carbonyl (C=O) groups excluding carboxylic acids is 1. The van der Waals surface area contributed by atoms with E-state index in [0.717, 1.165) is 5.56 Å². The summed E-state index contributed by atoms with van der Waals surface area (Å²) in [6.07, 6.45) is 1.51. The number of hydrogen-bond donors (Lipinski definition) is 2. The van der Waals surface area contributed by atoms with E-state index in [9.17, 15) is 9.59 Å². The van der Waals surface area contributed by atoms with Crippen molar-refractivity contribution in [2.75, 3.05) is 6.79 Å². The van der Waals surface area contributed by atoms with E-state index in [-0.39, 0.29) is 24.7 Å². The Morgan fingerprint density at radius 3 is 2.88 bits per heavy atom. The number of amides is 1. The summed E-state index contributed by atoms with van der Waals surface area (Å²) in [6.45, 7) is 0.201. The van der Waals surface area contributed by atoms with Crippen molar-refractivity contribution >= 4 is 22.9 Å². The summed E-state index contributed by atoms with van der Waals surface area (Å²) in [7, 11) is 0. The first-order valence-corrected chi connectivity index (χ1v) is 7.88. The Labute approximate surface area is 147 Å². The van der Waals surface area contributed by atoms with Gasteiger partial charge < -0.3 is 9.47 Å². The molecule has 4 rings (SSSR count). The Hall–Kier alpha value is -3.68. The maximum Gasteiger partial charge on any atom is 0.272 e. The molecule has 0 spiro atoms. The second kappa shape index (κ2) is 6.67. The lowest BCUT2D eigenvalue weighted by Crippen LogP contribution is -2.22. The summed E-state index contributed by atoms with van der Waals surface area (Å²) >= 11 is 0. The lowest BCUT2D eigenvalue weighted by atomic mass is 10.1. The number of benzene rings is 2. The van der Waals surface area contributed by atoms with Crippen LogP contribution in [0.4, 0.5) is 0 Å². The van der Waals surface area contributed by atoms with Crippen LogP contribution in [0.2, 0.25) is 0 Å². The molecule has 0 radical (unpaired) electrons. The molecule has 2 heterocycles. The molecule has 130 valence electrons. The highest BCUT2D eigenvalue weighted by molar-refractivity contribution is 5.89. The van der Waals surface area contributed by atoms with Crippen molar-refractivity contribution in [3.63, 3.8) is 0 Å². The summed E-state index contributed by atoms with van der Waals surface area (Å²) in [5, 5.41) is 11.5. The lowest BCUT2D eigenvalue weighted by molar-refractivity contribution is -0.120. The molecule has 0 saturated heterocycles. The van der Waals surface area contributed by atoms with Gasteiger partial charge in [-0.15, -0.1) is 0 Å². The van der Waals surface area contributed by atoms with Crippen LogP contribution >= 0.6 is 0 Å². The number of hydrazone groups is 1. The molecule has 2 aromatic carbocycles. The number of nitrogens with zero attached hydrogens (tertiary/aromatic N) is 2. The fourth-order valence-electron chi connectivity index (χ4n) is 2.67. The number of hydrogen-bond acceptors (Lipinski definition) is 6. The maximum atomic E-state index is 12.1. The first kappa shape index (κ1) is 15.8. The second-order valence-corrected chi connectivity index (χ2v) is 5.63. The van der Waals surface area contributed by atoms with E-state index in [1.807, 2.05) is 0 Å². The summed E-state index contributed by atoms with van der Waals surface area (Å²) in [5.41, 5.74) is 3.41. The average Bonchev–Trinajstić information content (AvgIpc) is 3.12. The highest BCUT2D eigenvalue weighted by Crippen LogP contribution is 2.31. The van der Waals surface area contributed by atoms with Gasteiger partial charge in [-0.25, -0.2) is 10.5 Å². The molecule has 1 aliphatic heterocycles. The van der Waals surface area contributed by atoms with Crippen LogP contribution in [0.5, 0.6) is 11.5 Å². The number of nitrogens with one attached hydrogen (secondary N) is 2. The van der Waals surface area contributed by atoms with Gasteiger partial charge in [0.25, 0.3) is 5.56 Å². The monoisotopic (exact) mass is 350 g/mol. The summed E-state index contributed by atoms with van der Waals surface area (Å²) in [5.74, 6) is 0.984. The number of rotatable bonds is 4. The summed E-state index contributed by atoms with van der Waals surface area (Å²) in [4.78, 5) is 23.9. The van der Waals surface area contributed by atoms with E-state index in [1.165, 1.54) is 6.21 Å². The standard InChI is InChI=1S/C18H14N4O4/c23-17(8-14-12-3-1-2-4-13(12)18(24)22-20-14)21-19-9-11-5-6-15-16(7-11)26-10-25-15/h1-7,9H,8,10H2,(H,21,23)(H,22,24). The Bertz CT molecular complexity index is 1070. The van der Waals surface area contributed by atoms with Crippen molar-refractivity contribution in [3.05, 3.63) is 64.1 Å². The zero-order valence-corrected chi connectivity index (χ0v) is 13.6. The van der Waals surface area contributed by atoms with Gasteiger partial charge in [0.1, 0.15) is 0 Å². The molecular formula is C18H14N4O4. The quantitative estimate of drug-likeness (QED) is 0.546. The largest absolute Gasteiger partial charge is 0.454 e. The highest BCUT2D eigenvalue weighted by Gasteiger charge is 2.13. The van der Waals surface area contributed by atoms with Crippen LogP contribution in [0.3, 0.4) is 0 Å². The molecule has 0 bridgehead atoms. The molecule has 0 fully saturated rings. The Morgan fingerprint density at radius 2 is 2.00 bits per heavy atom. The van der Waals surface area contributed by atoms with Crippen LogP contribution in [0.25, 0.3) is 10.8 Å². The normalized spacial score (nSPS) is 12.6. The topological polar surface area (TPSA) is 106 Å². The molecular weight excluding hydrogens is 336 g/mol. The molecule has 0 aliphatic carbocycles. The third kappa shape index (κ3) is 3.12. The van der Waals surface area contributed by atoms with E-state index in [2.05, 4.69) is 20.7 Å². The Balaban J connectivity index is 1.45. The zero-order valence-electron chi connectivity index (χ0n) is 13.6. The third-order valence-electron chi connectivity index (χ3n) is 3.90. The van der Waals surface area contributed by atoms with Crippen molar-refractivity contribution in [1.82, 2.24) is 15.6 Å². The molecule has 0 atom stereocenters. The number of ether oxygens (including phenoxy) is 2. The summed E-state index contributed by atoms with van der Waals surface area (Å²) < 4.78 is 10.5. The van der Waals surface area contributed by atoms with Gasteiger partial charge in [0.2, 0.25) is 12.7 Å². The van der Waals surface area contributed by atoms with Gasteiger partial charge in [-0.3, -0.25) is 9.59 Å². The van der Waals surface area contributed by atoms with E-state index >= 15 is 0 Å². The minimum absolute atomic E-state index is 0.00419. The number of aromatic nitrogens is 2. The van der Waals surface area contributed by atoms with Crippen LogP contribution in [-0.2, 0) is 11.2 Å². The van der Waals surface area contributed by atoms with Gasteiger partial charge in [-0.1, -0.05) is 18.2 Å². The minimum Gasteiger partial charge on any atom is -0.454 e. The lowest BCUT2D eigenvalue weighted by Gasteiger charge is -2.04. The van der Waals surface area contributed by atoms with E-state index in [1.54, 1.807) is 42.5 Å². The van der Waals surface area contributed by atoms with Crippen LogP contribution in [0, 0.1) is 0 Å². The fourth-order valence-corrected chi connectivity index (χ4v) is 2.67. The van der Waals surface area contributed by atoms with Crippen LogP contribution in [0.1, 0.15) is 11.3 Å². The zero-order chi connectivity index (χ0) is 17.9. The Morgan fingerprint density at radius 1 is 1.19 bits per heavy atom. The van der Waals surface area contributed by atoms with Crippen molar-refractivity contribution in [1.29, 1.82) is 0 Å². The second-order valence-electron chi connectivity index (χ2n) is 5.63. The van der Waals surface area contributed by atoms with Gasteiger partial charge >= 0.3 is 0 Å². The molecule has 26 heavy (non-hydrogen) atoms. The van der Waals surface area contributed by atoms with Crippen molar-refractivity contribution in [2.45, 2.75) is 6.42 Å². The number of H-pyrrole nitrogens is 1. The molecule has 0 saturated carbocycles. The SMILES string of the molecule is O=C(Cc1n[nH]c(=O)c2ccccc12)NN=Cc1ccc2c(c1)OCO2. The van der Waals surface area contributed by atoms with Crippen molar-refractivity contribution in [3.8, 4) is 11.5 Å². The van der Waals surface area contributed by atoms with Crippen LogP contribution < -0.4 is 20.5 Å². The van der Waals surface area contributed by atoms with E-state index < -0.39 is 0 Å². The molecule has 1 amide bonds. The van der Waals surface area contributed by atoms with Crippen molar-refractivity contribution < 1.29 is 14.3 Å². The number of fused-ring (bicyclic) bond motifs is 2. The predicted octanol–water partition coefficient (Wildman–Crippen LogP) is 1.34. The highest BCUT2D eigenvalue weighted by atomic mass is 16.7. The molecule has 2 N–H and O–H groups in total. The van der Waals surface area contributed by atoms with Gasteiger partial charge in [-0.05, 0) is 29.8 Å². The Kier molecular flexibility index (Phi) is 4.06. The molecule has 0 unspecified atom stereocenters. The molecule has 8 nitrogen and oxygen atoms in total. The average molecular weight is 350 g/mol. The van der Waals surface area contributed by atoms with Gasteiger partial charge in [-0.2, -0.15) is 10.2 Å². The first-order valence-electron chi connectivity index (χ1n) is 7.88. The number of carbonyl (C=O) groups is 1. The number of aromatic amines is 1. The van der Waals surface area contributed by atoms with E-state index in [0.29, 0.717) is 28.0 Å². The molecule has 1 aliphatic rings. The maximum absolute atomic E-state index is 12.1. The predicted molar refractivity (Wildman–Crippen MR) is 94.4 cm³/mol. The van der Waals surface area contributed by atoms with Crippen LogP contribution in [-0.4, -0.2) is 29.1 Å². The van der Waals surface area contributed by atoms with Crippen molar-refractivity contribution in [2.24, 2.45) is 5.10 Å². The first-order chi connectivity index (χ1) is 12.7. The smallest absolute Gasteiger partial charge is 0.272 e. The third-order valence-corrected chi connectivity index (χ3v) is 3.90. The summed E-state index contributed by atoms with van der Waals surface area (Å²) in [6, 6.07) is 12.4. The van der Waals surface area contributed by atoms with Gasteiger partial charge in [0.15, 0.2) is 11.5 Å². The fraction of sp³-hybridized carbons (Fsp3) is 0.111. The molecule has 8 heteroatoms. The van der Waals surface area contributed by atoms with Gasteiger partial charge in [0.05, 0.1) is 23.7 Å². The van der Waals surface area contributed by atoms with Gasteiger partial charge in [0, 0.05) is 5.39 Å². The van der Waals surface area contributed by atoms with E-state index in [4.69, 9.17) is 9.47 Å². The molecule has 3 aromatic rings. The van der Waals surface area contributed by atoms with Crippen LogP contribution in [0.15, 0.2) is 52.4 Å². The minimum atomic E-state index is -0.341. The molecule has 1 aromatic heterocycles.